The fourth-order valence-electron chi connectivity index (χ4n) is 2.14. The summed E-state index contributed by atoms with van der Waals surface area (Å²) in [6, 6.07) is 14.0. The zero-order valence-electron chi connectivity index (χ0n) is 10.9. The first kappa shape index (κ1) is 13.4. The Labute approximate surface area is 126 Å². The normalized spacial score (nSPS) is 10.5. The first-order chi connectivity index (χ1) is 10.1. The van der Waals surface area contributed by atoms with Gasteiger partial charge in [-0.1, -0.05) is 29.8 Å². The molecule has 2 aromatic carbocycles. The Morgan fingerprint density at radius 3 is 2.71 bits per heavy atom. The first-order valence-electron chi connectivity index (χ1n) is 6.29. The first-order valence-corrected chi connectivity index (χ1v) is 6.66. The minimum Gasteiger partial charge on any atom is -0.478 e. The Morgan fingerprint density at radius 1 is 1.10 bits per heavy atom. The van der Waals surface area contributed by atoms with E-state index in [2.05, 4.69) is 10.3 Å². The minimum absolute atomic E-state index is 0.221. The number of aromatic carboxylic acids is 1. The average molecular weight is 299 g/mol. The molecule has 0 amide bonds. The quantitative estimate of drug-likeness (QED) is 0.755. The zero-order valence-corrected chi connectivity index (χ0v) is 11.6. The lowest BCUT2D eigenvalue weighted by Crippen LogP contribution is -1.99. The van der Waals surface area contributed by atoms with Crippen molar-refractivity contribution in [2.45, 2.75) is 0 Å². The van der Waals surface area contributed by atoms with Crippen LogP contribution >= 0.6 is 11.6 Å². The van der Waals surface area contributed by atoms with Gasteiger partial charge in [-0.25, -0.2) is 9.78 Å². The second-order valence-corrected chi connectivity index (χ2v) is 4.91. The molecule has 3 rings (SSSR count). The maximum atomic E-state index is 11.0. The molecule has 0 saturated heterocycles. The topological polar surface area (TPSA) is 62.2 Å². The van der Waals surface area contributed by atoms with E-state index in [1.165, 1.54) is 0 Å². The third kappa shape index (κ3) is 2.66. The van der Waals surface area contributed by atoms with Crippen LogP contribution in [0.5, 0.6) is 0 Å². The molecule has 1 heterocycles. The molecule has 0 aliphatic carbocycles. The van der Waals surface area contributed by atoms with Crippen LogP contribution in [0.2, 0.25) is 5.02 Å². The summed E-state index contributed by atoms with van der Waals surface area (Å²) in [5.41, 5.74) is 0.883. The van der Waals surface area contributed by atoms with Gasteiger partial charge in [0, 0.05) is 27.7 Å². The van der Waals surface area contributed by atoms with Gasteiger partial charge in [-0.05, 0) is 30.3 Å². The number of halogens is 1. The average Bonchev–Trinajstić information content (AvgIpc) is 2.49. The number of benzene rings is 2. The molecule has 2 N–H and O–H groups in total. The minimum atomic E-state index is -0.965. The van der Waals surface area contributed by atoms with E-state index < -0.39 is 5.97 Å². The fraction of sp³-hybridized carbons (Fsp3) is 0. The van der Waals surface area contributed by atoms with Crippen LogP contribution in [-0.2, 0) is 0 Å². The molecule has 0 radical (unpaired) electrons. The van der Waals surface area contributed by atoms with E-state index in [0.29, 0.717) is 16.5 Å². The lowest BCUT2D eigenvalue weighted by atomic mass is 10.1. The van der Waals surface area contributed by atoms with Crippen LogP contribution in [0.15, 0.2) is 54.7 Å². The molecule has 0 fully saturated rings. The van der Waals surface area contributed by atoms with E-state index in [4.69, 9.17) is 16.7 Å². The summed E-state index contributed by atoms with van der Waals surface area (Å²) in [5, 5.41) is 14.6. The van der Waals surface area contributed by atoms with Crippen molar-refractivity contribution in [3.05, 3.63) is 65.3 Å². The van der Waals surface area contributed by atoms with Crippen molar-refractivity contribution in [1.29, 1.82) is 0 Å². The molecule has 0 bridgehead atoms. The number of anilines is 2. The number of fused-ring (bicyclic) bond motifs is 1. The number of hydrogen-bond donors (Lipinski definition) is 2. The van der Waals surface area contributed by atoms with E-state index in [9.17, 15) is 4.79 Å². The summed E-state index contributed by atoms with van der Waals surface area (Å²) in [4.78, 5) is 15.3. The van der Waals surface area contributed by atoms with E-state index in [-0.39, 0.29) is 5.56 Å². The predicted octanol–water partition coefficient (Wildman–Crippen LogP) is 4.33. The summed E-state index contributed by atoms with van der Waals surface area (Å²) < 4.78 is 0. The maximum absolute atomic E-state index is 11.0. The monoisotopic (exact) mass is 298 g/mol. The number of nitrogens with zero attached hydrogens (tertiary/aromatic N) is 1. The smallest absolute Gasteiger partial charge is 0.335 e. The van der Waals surface area contributed by atoms with Crippen molar-refractivity contribution in [1.82, 2.24) is 4.98 Å². The molecule has 0 saturated carbocycles. The summed E-state index contributed by atoms with van der Waals surface area (Å²) in [7, 11) is 0. The molecular weight excluding hydrogens is 288 g/mol. The molecule has 21 heavy (non-hydrogen) atoms. The van der Waals surface area contributed by atoms with Crippen LogP contribution in [0.25, 0.3) is 10.8 Å². The number of carbonyl (C=O) groups is 1. The number of carboxylic acids is 1. The Morgan fingerprint density at radius 2 is 1.90 bits per heavy atom. The van der Waals surface area contributed by atoms with Gasteiger partial charge < -0.3 is 10.4 Å². The molecule has 104 valence electrons. The summed E-state index contributed by atoms with van der Waals surface area (Å²) in [6.07, 6.45) is 1.66. The van der Waals surface area contributed by atoms with Crippen LogP contribution in [0.1, 0.15) is 10.4 Å². The molecule has 0 spiro atoms. The molecule has 0 aliphatic heterocycles. The van der Waals surface area contributed by atoms with Crippen LogP contribution in [0, 0.1) is 0 Å². The van der Waals surface area contributed by atoms with Crippen molar-refractivity contribution < 1.29 is 9.90 Å². The van der Waals surface area contributed by atoms with Crippen molar-refractivity contribution in [3.63, 3.8) is 0 Å². The van der Waals surface area contributed by atoms with Crippen molar-refractivity contribution in [3.8, 4) is 0 Å². The standard InChI is InChI=1S/C16H11ClN2O2/c17-14-6-2-5-13-12(14)7-8-18-15(13)19-11-4-1-3-10(9-11)16(20)21/h1-9H,(H,18,19)(H,20,21). The van der Waals surface area contributed by atoms with Gasteiger partial charge >= 0.3 is 5.97 Å². The van der Waals surface area contributed by atoms with Gasteiger partial charge in [0.1, 0.15) is 5.82 Å². The fourth-order valence-corrected chi connectivity index (χ4v) is 2.37. The molecule has 0 aliphatic rings. The van der Waals surface area contributed by atoms with E-state index in [1.54, 1.807) is 30.5 Å². The number of rotatable bonds is 3. The van der Waals surface area contributed by atoms with E-state index in [0.717, 1.165) is 10.8 Å². The maximum Gasteiger partial charge on any atom is 0.335 e. The summed E-state index contributed by atoms with van der Waals surface area (Å²) >= 11 is 6.17. The number of carboxylic acid groups (broad SMARTS) is 1. The van der Waals surface area contributed by atoms with Gasteiger partial charge in [-0.2, -0.15) is 0 Å². The second kappa shape index (κ2) is 5.42. The van der Waals surface area contributed by atoms with Gasteiger partial charge in [0.25, 0.3) is 0 Å². The van der Waals surface area contributed by atoms with Crippen molar-refractivity contribution >= 4 is 39.8 Å². The predicted molar refractivity (Wildman–Crippen MR) is 83.4 cm³/mol. The third-order valence-electron chi connectivity index (χ3n) is 3.13. The van der Waals surface area contributed by atoms with Gasteiger partial charge in [0.05, 0.1) is 5.56 Å². The second-order valence-electron chi connectivity index (χ2n) is 4.51. The van der Waals surface area contributed by atoms with Crippen molar-refractivity contribution in [2.75, 3.05) is 5.32 Å². The van der Waals surface area contributed by atoms with Crippen LogP contribution in [0.4, 0.5) is 11.5 Å². The number of nitrogens with one attached hydrogen (secondary N) is 1. The molecule has 0 unspecified atom stereocenters. The van der Waals surface area contributed by atoms with Crippen LogP contribution in [-0.4, -0.2) is 16.1 Å². The molecule has 4 nitrogen and oxygen atoms in total. The SMILES string of the molecule is O=C(O)c1cccc(Nc2nccc3c(Cl)cccc23)c1. The number of pyridine rings is 1. The third-order valence-corrected chi connectivity index (χ3v) is 3.45. The Kier molecular flexibility index (Phi) is 3.46. The largest absolute Gasteiger partial charge is 0.478 e. The van der Waals surface area contributed by atoms with Gasteiger partial charge in [0.15, 0.2) is 0 Å². The Hall–Kier alpha value is -2.59. The highest BCUT2D eigenvalue weighted by atomic mass is 35.5. The highest BCUT2D eigenvalue weighted by Gasteiger charge is 2.07. The summed E-state index contributed by atoms with van der Waals surface area (Å²) in [5.74, 6) is -0.329. The highest BCUT2D eigenvalue weighted by Crippen LogP contribution is 2.29. The lowest BCUT2D eigenvalue weighted by Gasteiger charge is -2.10. The van der Waals surface area contributed by atoms with Gasteiger partial charge in [-0.3, -0.25) is 0 Å². The molecular formula is C16H11ClN2O2. The lowest BCUT2D eigenvalue weighted by molar-refractivity contribution is 0.0697. The van der Waals surface area contributed by atoms with E-state index >= 15 is 0 Å². The molecule has 5 heteroatoms. The van der Waals surface area contributed by atoms with Gasteiger partial charge in [-0.15, -0.1) is 0 Å². The molecule has 3 aromatic rings. The zero-order chi connectivity index (χ0) is 14.8. The molecule has 1 aromatic heterocycles. The summed E-state index contributed by atoms with van der Waals surface area (Å²) in [6.45, 7) is 0. The molecule has 0 atom stereocenters. The van der Waals surface area contributed by atoms with Crippen LogP contribution < -0.4 is 5.32 Å². The van der Waals surface area contributed by atoms with Crippen molar-refractivity contribution in [2.24, 2.45) is 0 Å². The van der Waals surface area contributed by atoms with Gasteiger partial charge in [0.2, 0.25) is 0 Å². The number of hydrogen-bond acceptors (Lipinski definition) is 3. The Balaban J connectivity index is 2.04. The van der Waals surface area contributed by atoms with E-state index in [1.807, 2.05) is 24.3 Å². The number of aromatic nitrogens is 1. The van der Waals surface area contributed by atoms with Crippen LogP contribution in [0.3, 0.4) is 0 Å². The Bertz CT molecular complexity index is 833. The highest BCUT2D eigenvalue weighted by molar-refractivity contribution is 6.35.